The highest BCUT2D eigenvalue weighted by Crippen LogP contribution is 2.25. The minimum atomic E-state index is -1.53. The highest BCUT2D eigenvalue weighted by molar-refractivity contribution is 5.72. The van der Waals surface area contributed by atoms with Gasteiger partial charge in [0, 0.05) is 0 Å². The molecule has 0 bridgehead atoms. The lowest BCUT2D eigenvalue weighted by molar-refractivity contribution is -0.302. The molecule has 5 atom stereocenters. The zero-order chi connectivity index (χ0) is 20.7. The van der Waals surface area contributed by atoms with Gasteiger partial charge in [0.15, 0.2) is 12.4 Å². The predicted molar refractivity (Wildman–Crippen MR) is 96.2 cm³/mol. The quantitative estimate of drug-likeness (QED) is 0.282. The van der Waals surface area contributed by atoms with Crippen LogP contribution in [-0.2, 0) is 25.4 Å². The smallest absolute Gasteiger partial charge is 0.310 e. The van der Waals surface area contributed by atoms with Crippen molar-refractivity contribution < 1.29 is 44.5 Å². The lowest BCUT2D eigenvalue weighted by Gasteiger charge is -2.41. The minimum Gasteiger partial charge on any atom is -0.508 e. The Balaban J connectivity index is 2.07. The summed E-state index contributed by atoms with van der Waals surface area (Å²) in [5, 5.41) is 47.9. The van der Waals surface area contributed by atoms with Crippen molar-refractivity contribution >= 4 is 5.97 Å². The van der Waals surface area contributed by atoms with Crippen molar-refractivity contribution in [3.8, 4) is 5.75 Å². The van der Waals surface area contributed by atoms with Crippen LogP contribution in [0.5, 0.6) is 5.75 Å². The van der Waals surface area contributed by atoms with Crippen LogP contribution in [0, 0.1) is 0 Å². The van der Waals surface area contributed by atoms with E-state index in [0.717, 1.165) is 0 Å². The summed E-state index contributed by atoms with van der Waals surface area (Å²) >= 11 is 0. The van der Waals surface area contributed by atoms with Gasteiger partial charge in [0.2, 0.25) is 0 Å². The number of rotatable bonds is 8. The number of hydrogen-bond donors (Lipinski definition) is 5. The van der Waals surface area contributed by atoms with Gasteiger partial charge in [0.25, 0.3) is 0 Å². The Labute approximate surface area is 162 Å². The molecule has 2 rings (SSSR count). The van der Waals surface area contributed by atoms with Gasteiger partial charge in [-0.05, 0) is 30.2 Å². The predicted octanol–water partition coefficient (Wildman–Crippen LogP) is -0.759. The fourth-order valence-corrected chi connectivity index (χ4v) is 2.72. The molecule has 5 unspecified atom stereocenters. The normalized spacial score (nSPS) is 28.2. The van der Waals surface area contributed by atoms with E-state index in [1.54, 1.807) is 19.1 Å². The molecule has 5 N–H and O–H groups in total. The molecule has 0 saturated carbocycles. The maximum absolute atomic E-state index is 12.3. The molecular weight excluding hydrogens is 372 g/mol. The lowest BCUT2D eigenvalue weighted by atomic mass is 9.99. The van der Waals surface area contributed by atoms with Gasteiger partial charge in [-0.1, -0.05) is 18.2 Å². The standard InChI is InChI=1S/C19H26O9/c1-11(6-7-20)10-26-19-18(17(25)16(24)14(9-21)27-19)28-15(23)8-12-2-4-13(22)5-3-12/h2-6,14,16-22,24-25H,7-10H2,1H3. The lowest BCUT2D eigenvalue weighted by Crippen LogP contribution is -2.60. The average Bonchev–Trinajstić information content (AvgIpc) is 2.67. The molecule has 0 amide bonds. The monoisotopic (exact) mass is 398 g/mol. The van der Waals surface area contributed by atoms with E-state index in [-0.39, 0.29) is 25.4 Å². The Bertz CT molecular complexity index is 658. The Morgan fingerprint density at radius 2 is 1.86 bits per heavy atom. The van der Waals surface area contributed by atoms with Crippen molar-refractivity contribution in [3.63, 3.8) is 0 Å². The number of ether oxygens (including phenoxy) is 3. The molecule has 9 nitrogen and oxygen atoms in total. The van der Waals surface area contributed by atoms with Gasteiger partial charge in [-0.15, -0.1) is 0 Å². The number of carbonyl (C=O) groups is 1. The van der Waals surface area contributed by atoms with Gasteiger partial charge >= 0.3 is 5.97 Å². The van der Waals surface area contributed by atoms with Crippen LogP contribution in [0.2, 0.25) is 0 Å². The molecule has 1 aliphatic rings. The summed E-state index contributed by atoms with van der Waals surface area (Å²) in [6.45, 7) is 1.00. The van der Waals surface area contributed by atoms with Crippen molar-refractivity contribution in [2.45, 2.75) is 44.1 Å². The third-order valence-electron chi connectivity index (χ3n) is 4.29. The second-order valence-corrected chi connectivity index (χ2v) is 6.55. The van der Waals surface area contributed by atoms with Gasteiger partial charge in [-0.3, -0.25) is 4.79 Å². The topological polar surface area (TPSA) is 146 Å². The van der Waals surface area contributed by atoms with Crippen LogP contribution >= 0.6 is 0 Å². The van der Waals surface area contributed by atoms with Crippen LogP contribution in [0.15, 0.2) is 35.9 Å². The van der Waals surface area contributed by atoms with E-state index < -0.39 is 43.3 Å². The summed E-state index contributed by atoms with van der Waals surface area (Å²) in [6, 6.07) is 5.97. The van der Waals surface area contributed by atoms with Crippen LogP contribution in [0.1, 0.15) is 12.5 Å². The first-order chi connectivity index (χ1) is 13.3. The van der Waals surface area contributed by atoms with Crippen LogP contribution in [0.4, 0.5) is 0 Å². The molecular formula is C19H26O9. The van der Waals surface area contributed by atoms with Crippen LogP contribution in [0.25, 0.3) is 0 Å². The molecule has 0 spiro atoms. The second-order valence-electron chi connectivity index (χ2n) is 6.55. The number of esters is 1. The summed E-state index contributed by atoms with van der Waals surface area (Å²) in [5.74, 6) is -0.629. The first kappa shape index (κ1) is 22.3. The number of carbonyl (C=O) groups excluding carboxylic acids is 1. The summed E-state index contributed by atoms with van der Waals surface area (Å²) in [7, 11) is 0. The van der Waals surface area contributed by atoms with Crippen molar-refractivity contribution in [1.82, 2.24) is 0 Å². The maximum atomic E-state index is 12.3. The molecule has 1 fully saturated rings. The minimum absolute atomic E-state index is 0.0260. The summed E-state index contributed by atoms with van der Waals surface area (Å²) in [6.07, 6.45) is -5.24. The zero-order valence-electron chi connectivity index (χ0n) is 15.5. The summed E-state index contributed by atoms with van der Waals surface area (Å²) in [5.41, 5.74) is 1.27. The van der Waals surface area contributed by atoms with Crippen LogP contribution < -0.4 is 0 Å². The maximum Gasteiger partial charge on any atom is 0.310 e. The van der Waals surface area contributed by atoms with Crippen molar-refractivity contribution in [1.29, 1.82) is 0 Å². The van der Waals surface area contributed by atoms with Crippen molar-refractivity contribution in [2.75, 3.05) is 19.8 Å². The van der Waals surface area contributed by atoms with Gasteiger partial charge in [-0.2, -0.15) is 0 Å². The fraction of sp³-hybridized carbons (Fsp3) is 0.526. The van der Waals surface area contributed by atoms with Gasteiger partial charge in [0.1, 0.15) is 24.1 Å². The summed E-state index contributed by atoms with van der Waals surface area (Å²) < 4.78 is 16.3. The number of hydrogen-bond acceptors (Lipinski definition) is 9. The Morgan fingerprint density at radius 3 is 2.46 bits per heavy atom. The number of aromatic hydroxyl groups is 1. The molecule has 0 aromatic heterocycles. The van der Waals surface area contributed by atoms with E-state index in [2.05, 4.69) is 0 Å². The van der Waals surface area contributed by atoms with E-state index in [1.807, 2.05) is 0 Å². The first-order valence-electron chi connectivity index (χ1n) is 8.83. The Hall–Kier alpha value is -2.01. The third kappa shape index (κ3) is 5.99. The van der Waals surface area contributed by atoms with Crippen LogP contribution in [0.3, 0.4) is 0 Å². The molecule has 156 valence electrons. The van der Waals surface area contributed by atoms with Crippen LogP contribution in [-0.4, -0.2) is 82.0 Å². The second kappa shape index (κ2) is 10.5. The van der Waals surface area contributed by atoms with E-state index in [4.69, 9.17) is 19.3 Å². The Kier molecular flexibility index (Phi) is 8.36. The molecule has 0 radical (unpaired) electrons. The molecule has 1 aromatic carbocycles. The third-order valence-corrected chi connectivity index (χ3v) is 4.29. The number of benzene rings is 1. The van der Waals surface area contributed by atoms with E-state index in [9.17, 15) is 25.2 Å². The molecule has 1 aromatic rings. The van der Waals surface area contributed by atoms with Gasteiger partial charge in [-0.25, -0.2) is 0 Å². The molecule has 0 aliphatic carbocycles. The first-order valence-corrected chi connectivity index (χ1v) is 8.83. The number of aliphatic hydroxyl groups excluding tert-OH is 4. The number of phenolic OH excluding ortho intramolecular Hbond substituents is 1. The number of phenols is 1. The van der Waals surface area contributed by atoms with Crippen molar-refractivity contribution in [2.24, 2.45) is 0 Å². The van der Waals surface area contributed by atoms with E-state index in [1.165, 1.54) is 18.2 Å². The number of aliphatic hydroxyl groups is 4. The van der Waals surface area contributed by atoms with E-state index in [0.29, 0.717) is 11.1 Å². The zero-order valence-corrected chi connectivity index (χ0v) is 15.5. The van der Waals surface area contributed by atoms with Gasteiger partial charge < -0.3 is 39.7 Å². The highest BCUT2D eigenvalue weighted by atomic mass is 16.7. The molecule has 9 heteroatoms. The Morgan fingerprint density at radius 1 is 1.18 bits per heavy atom. The molecule has 1 saturated heterocycles. The van der Waals surface area contributed by atoms with Crippen molar-refractivity contribution in [3.05, 3.63) is 41.5 Å². The summed E-state index contributed by atoms with van der Waals surface area (Å²) in [4.78, 5) is 12.3. The van der Waals surface area contributed by atoms with E-state index >= 15 is 0 Å². The molecule has 1 heterocycles. The average molecular weight is 398 g/mol. The molecule has 28 heavy (non-hydrogen) atoms. The van der Waals surface area contributed by atoms with Gasteiger partial charge in [0.05, 0.1) is 26.2 Å². The highest BCUT2D eigenvalue weighted by Gasteiger charge is 2.47. The molecule has 1 aliphatic heterocycles. The largest absolute Gasteiger partial charge is 0.508 e. The SMILES string of the molecule is CC(=CCO)COC1OC(CO)C(O)C(O)C1OC(=O)Cc1ccc(O)cc1. The fourth-order valence-electron chi connectivity index (χ4n) is 2.72.